The quantitative estimate of drug-likeness (QED) is 0.107. The highest BCUT2D eigenvalue weighted by Crippen LogP contribution is 2.23. The number of hydrogen-bond donors (Lipinski definition) is 1. The monoisotopic (exact) mass is 1020 g/mol. The fourth-order valence-electron chi connectivity index (χ4n) is 6.59. The van der Waals surface area contributed by atoms with Crippen LogP contribution in [0.1, 0.15) is 73.4 Å². The Morgan fingerprint density at radius 2 is 0.986 bits per heavy atom. The van der Waals surface area contributed by atoms with Gasteiger partial charge < -0.3 is 43.9 Å². The molecule has 0 aliphatic carbocycles. The summed E-state index contributed by atoms with van der Waals surface area (Å²) < 4.78 is 47.7. The molecule has 4 aromatic rings. The second kappa shape index (κ2) is 25.6. The highest BCUT2D eigenvalue weighted by Gasteiger charge is 2.31. The number of piperazine rings is 2. The van der Waals surface area contributed by atoms with Crippen LogP contribution < -0.4 is 10.2 Å². The molecule has 0 radical (unpaired) electrons. The first kappa shape index (κ1) is 54.8. The summed E-state index contributed by atoms with van der Waals surface area (Å²) in [6, 6.07) is 26.2. The lowest BCUT2D eigenvalue weighted by atomic mass is 10.1. The van der Waals surface area contributed by atoms with Crippen LogP contribution in [0.3, 0.4) is 0 Å². The van der Waals surface area contributed by atoms with Crippen molar-refractivity contribution in [2.75, 3.05) is 76.8 Å². The number of hydrogen-bond acceptors (Lipinski definition) is 10. The summed E-state index contributed by atoms with van der Waals surface area (Å²) >= 11 is 3.13. The Kier molecular flexibility index (Phi) is 20.3. The number of carbonyl (C=O) groups excluding carboxylic acids is 6. The lowest BCUT2D eigenvalue weighted by Crippen LogP contribution is -2.54. The number of urea groups is 2. The standard InChI is InChI=1S/C25H30FN3O5.C16H23N3O3.C9H8BrFO2/c1-25(2,3)34-24(32)28-14-12-27(13-15-28)23(31)29(20-8-6-5-7-9-20)17-19-11-10-18(16-21(19)26)22(30)33-4;1-16(2,3)22-15(21)19-11-9-18(10-12-19)14(20)17-13-7-5-4-6-8-13;1-13-9(12)6-2-3-7(5-10)8(11)4-6/h5-11,16H,12-15,17H2,1-4H3;4-8H,9-12H2,1-3H3,(H,17,20);2-4H,5H2,1H3. The lowest BCUT2D eigenvalue weighted by Gasteiger charge is -2.38. The van der Waals surface area contributed by atoms with Gasteiger partial charge in [0.05, 0.1) is 31.9 Å². The molecule has 1 N–H and O–H groups in total. The number of alkyl halides is 1. The normalized spacial score (nSPS) is 13.6. The minimum Gasteiger partial charge on any atom is -0.465 e. The molecule has 2 aliphatic rings. The lowest BCUT2D eigenvalue weighted by molar-refractivity contribution is 0.0165. The number of carbonyl (C=O) groups is 6. The fraction of sp³-hybridized carbons (Fsp3) is 0.400. The van der Waals surface area contributed by atoms with E-state index in [0.717, 1.165) is 11.8 Å². The molecule has 6 amide bonds. The van der Waals surface area contributed by atoms with E-state index < -0.39 is 40.9 Å². The van der Waals surface area contributed by atoms with Crippen LogP contribution >= 0.6 is 15.9 Å². The fourth-order valence-corrected chi connectivity index (χ4v) is 7.04. The molecule has 19 heteroatoms. The smallest absolute Gasteiger partial charge is 0.410 e. The number of anilines is 2. The Hall–Kier alpha value is -6.76. The summed E-state index contributed by atoms with van der Waals surface area (Å²) in [5.41, 5.74) is 1.38. The van der Waals surface area contributed by atoms with Gasteiger partial charge in [0.2, 0.25) is 0 Å². The molecule has 4 aromatic carbocycles. The summed E-state index contributed by atoms with van der Waals surface area (Å²) in [4.78, 5) is 80.6. The third-order valence-corrected chi connectivity index (χ3v) is 10.8. The molecular weight excluding hydrogens is 962 g/mol. The maximum Gasteiger partial charge on any atom is 0.410 e. The number of halogens is 3. The minimum atomic E-state index is -0.635. The van der Waals surface area contributed by atoms with E-state index in [0.29, 0.717) is 68.9 Å². The zero-order valence-electron chi connectivity index (χ0n) is 40.3. The van der Waals surface area contributed by atoms with Crippen molar-refractivity contribution in [3.05, 3.63) is 131 Å². The third-order valence-electron chi connectivity index (χ3n) is 10.2. The van der Waals surface area contributed by atoms with E-state index in [1.807, 2.05) is 57.2 Å². The Bertz CT molecular complexity index is 2370. The topological polar surface area (TPSA) is 168 Å². The number of nitrogens with one attached hydrogen (secondary N) is 1. The van der Waals surface area contributed by atoms with Gasteiger partial charge in [-0.15, -0.1) is 0 Å². The van der Waals surface area contributed by atoms with Gasteiger partial charge in [0.1, 0.15) is 22.8 Å². The number of methoxy groups -OCH3 is 2. The van der Waals surface area contributed by atoms with Crippen LogP contribution in [0, 0.1) is 11.6 Å². The van der Waals surface area contributed by atoms with E-state index in [4.69, 9.17) is 9.47 Å². The molecule has 0 atom stereocenters. The molecule has 0 saturated carbocycles. The summed E-state index contributed by atoms with van der Waals surface area (Å²) in [5, 5.41) is 3.28. The molecule has 2 heterocycles. The van der Waals surface area contributed by atoms with Crippen LogP contribution in [-0.4, -0.2) is 134 Å². The molecule has 0 bridgehead atoms. The first-order valence-corrected chi connectivity index (χ1v) is 23.2. The average molecular weight is 1020 g/mol. The van der Waals surface area contributed by atoms with Crippen LogP contribution in [0.4, 0.5) is 39.3 Å². The third kappa shape index (κ3) is 17.4. The first-order chi connectivity index (χ1) is 32.6. The van der Waals surface area contributed by atoms with Crippen LogP contribution in [0.5, 0.6) is 0 Å². The molecule has 16 nitrogen and oxygen atoms in total. The first-order valence-electron chi connectivity index (χ1n) is 22.1. The van der Waals surface area contributed by atoms with Crippen molar-refractivity contribution in [1.29, 1.82) is 0 Å². The molecule has 2 aliphatic heterocycles. The molecule has 0 unspecified atom stereocenters. The van der Waals surface area contributed by atoms with Gasteiger partial charge in [-0.2, -0.15) is 0 Å². The van der Waals surface area contributed by atoms with Gasteiger partial charge in [0.25, 0.3) is 0 Å². The Balaban J connectivity index is 0.000000252. The van der Waals surface area contributed by atoms with Crippen molar-refractivity contribution in [3.8, 4) is 0 Å². The van der Waals surface area contributed by atoms with Crippen LogP contribution in [-0.2, 0) is 30.8 Å². The summed E-state index contributed by atoms with van der Waals surface area (Å²) in [6.07, 6.45) is -0.733. The average Bonchev–Trinajstić information content (AvgIpc) is 3.33. The molecule has 69 heavy (non-hydrogen) atoms. The zero-order chi connectivity index (χ0) is 50.9. The molecule has 0 aromatic heterocycles. The molecular formula is C50H61BrF2N6O10. The maximum atomic E-state index is 14.8. The van der Waals surface area contributed by atoms with Crippen molar-refractivity contribution >= 4 is 63.5 Å². The highest BCUT2D eigenvalue weighted by molar-refractivity contribution is 9.08. The SMILES string of the molecule is CC(C)(C)OC(=O)N1CCN(C(=O)Nc2ccccc2)CC1.COC(=O)c1ccc(CBr)c(F)c1.COC(=O)c1ccc(CN(C(=O)N2CCN(C(=O)OC(C)(C)C)CC2)c2ccccc2)c(F)c1. The van der Waals surface area contributed by atoms with E-state index in [1.165, 1.54) is 43.4 Å². The van der Waals surface area contributed by atoms with Crippen molar-refractivity contribution in [1.82, 2.24) is 19.6 Å². The van der Waals surface area contributed by atoms with Crippen molar-refractivity contribution in [2.45, 2.75) is 64.6 Å². The van der Waals surface area contributed by atoms with Gasteiger partial charge >= 0.3 is 36.2 Å². The summed E-state index contributed by atoms with van der Waals surface area (Å²) in [6.45, 7) is 14.2. The van der Waals surface area contributed by atoms with Crippen LogP contribution in [0.15, 0.2) is 97.1 Å². The van der Waals surface area contributed by atoms with E-state index >= 15 is 0 Å². The molecule has 2 fully saturated rings. The summed E-state index contributed by atoms with van der Waals surface area (Å²) in [7, 11) is 2.49. The Morgan fingerprint density at radius 3 is 1.39 bits per heavy atom. The van der Waals surface area contributed by atoms with E-state index in [9.17, 15) is 37.5 Å². The van der Waals surface area contributed by atoms with Gasteiger partial charge in [0.15, 0.2) is 0 Å². The van der Waals surface area contributed by atoms with Crippen LogP contribution in [0.2, 0.25) is 0 Å². The molecule has 2 saturated heterocycles. The van der Waals surface area contributed by atoms with E-state index in [1.54, 1.807) is 70.7 Å². The van der Waals surface area contributed by atoms with Gasteiger partial charge in [-0.1, -0.05) is 64.5 Å². The number of para-hydroxylation sites is 2. The number of rotatable bonds is 7. The van der Waals surface area contributed by atoms with E-state index in [2.05, 4.69) is 30.7 Å². The van der Waals surface area contributed by atoms with Gasteiger partial charge in [0, 0.05) is 74.6 Å². The van der Waals surface area contributed by atoms with Gasteiger partial charge in [-0.05, 0) is 95.6 Å². The molecule has 372 valence electrons. The van der Waals surface area contributed by atoms with Crippen molar-refractivity contribution in [3.63, 3.8) is 0 Å². The predicted molar refractivity (Wildman–Crippen MR) is 260 cm³/mol. The second-order valence-corrected chi connectivity index (χ2v) is 18.2. The number of benzene rings is 4. The Morgan fingerprint density at radius 1 is 0.580 bits per heavy atom. The van der Waals surface area contributed by atoms with Gasteiger partial charge in [-0.3, -0.25) is 4.90 Å². The predicted octanol–water partition coefficient (Wildman–Crippen LogP) is 9.57. The zero-order valence-corrected chi connectivity index (χ0v) is 41.8. The second-order valence-electron chi connectivity index (χ2n) is 17.6. The van der Waals surface area contributed by atoms with Crippen molar-refractivity contribution in [2.24, 2.45) is 0 Å². The maximum absolute atomic E-state index is 14.8. The van der Waals surface area contributed by atoms with Crippen molar-refractivity contribution < 1.29 is 56.5 Å². The van der Waals surface area contributed by atoms with E-state index in [-0.39, 0.29) is 41.4 Å². The number of nitrogens with zero attached hydrogens (tertiary/aromatic N) is 5. The largest absolute Gasteiger partial charge is 0.465 e. The molecule has 6 rings (SSSR count). The summed E-state index contributed by atoms with van der Waals surface area (Å²) in [5.74, 6) is -2.17. The van der Waals surface area contributed by atoms with Gasteiger partial charge in [-0.25, -0.2) is 37.5 Å². The Labute approximate surface area is 410 Å². The van der Waals surface area contributed by atoms with Crippen LogP contribution in [0.25, 0.3) is 0 Å². The molecule has 0 spiro atoms. The number of ether oxygens (including phenoxy) is 4. The number of amides is 6. The highest BCUT2D eigenvalue weighted by atomic mass is 79.9. The minimum absolute atomic E-state index is 0.0254. The number of esters is 2.